The van der Waals surface area contributed by atoms with E-state index < -0.39 is 16.1 Å². The van der Waals surface area contributed by atoms with Crippen molar-refractivity contribution in [3.63, 3.8) is 0 Å². The Bertz CT molecular complexity index is 1050. The maximum atomic E-state index is 13.1. The van der Waals surface area contributed by atoms with Gasteiger partial charge >= 0.3 is 0 Å². The summed E-state index contributed by atoms with van der Waals surface area (Å²) < 4.78 is 28.8. The largest absolute Gasteiger partial charge is 0.352 e. The summed E-state index contributed by atoms with van der Waals surface area (Å²) >= 11 is 0. The first-order valence-corrected chi connectivity index (χ1v) is 12.7. The summed E-state index contributed by atoms with van der Waals surface area (Å²) in [7, 11) is -3.91. The topological polar surface area (TPSA) is 108 Å². The van der Waals surface area contributed by atoms with Gasteiger partial charge in [0.1, 0.15) is 6.04 Å². The minimum absolute atomic E-state index is 0.0690. The molecule has 0 unspecified atom stereocenters. The molecule has 8 heteroatoms. The van der Waals surface area contributed by atoms with Crippen LogP contribution in [-0.4, -0.2) is 31.4 Å². The molecule has 2 aromatic rings. The van der Waals surface area contributed by atoms with Gasteiger partial charge in [-0.15, -0.1) is 0 Å². The summed E-state index contributed by atoms with van der Waals surface area (Å²) in [6.07, 6.45) is 8.08. The zero-order chi connectivity index (χ0) is 22.4. The van der Waals surface area contributed by atoms with Crippen molar-refractivity contribution in [3.8, 4) is 0 Å². The molecule has 1 aromatic carbocycles. The van der Waals surface area contributed by atoms with Crippen molar-refractivity contribution in [2.45, 2.75) is 82.2 Å². The van der Waals surface area contributed by atoms with E-state index in [0.717, 1.165) is 25.7 Å². The van der Waals surface area contributed by atoms with E-state index in [0.29, 0.717) is 17.3 Å². The first-order chi connectivity index (χ1) is 14.7. The number of amides is 1. The molecule has 1 aliphatic carbocycles. The molecule has 3 N–H and O–H groups in total. The van der Waals surface area contributed by atoms with Gasteiger partial charge in [0.2, 0.25) is 21.5 Å². The van der Waals surface area contributed by atoms with E-state index in [-0.39, 0.29) is 28.3 Å². The highest BCUT2D eigenvalue weighted by molar-refractivity contribution is 7.89. The summed E-state index contributed by atoms with van der Waals surface area (Å²) in [5.41, 5.74) is 0.316. The number of aromatic nitrogens is 1. The van der Waals surface area contributed by atoms with Gasteiger partial charge in [0.25, 0.3) is 0 Å². The van der Waals surface area contributed by atoms with Crippen molar-refractivity contribution in [2.24, 2.45) is 5.92 Å². The second-order valence-corrected chi connectivity index (χ2v) is 10.6. The number of sulfonamides is 1. The minimum Gasteiger partial charge on any atom is -0.352 e. The molecule has 1 heterocycles. The number of aromatic amines is 1. The van der Waals surface area contributed by atoms with Gasteiger partial charge in [0.05, 0.1) is 4.90 Å². The number of benzene rings is 1. The molecule has 1 atom stereocenters. The van der Waals surface area contributed by atoms with Crippen LogP contribution in [-0.2, 0) is 14.8 Å². The van der Waals surface area contributed by atoms with E-state index in [1.807, 2.05) is 13.8 Å². The van der Waals surface area contributed by atoms with Crippen molar-refractivity contribution in [2.75, 3.05) is 0 Å². The van der Waals surface area contributed by atoms with E-state index in [1.165, 1.54) is 37.5 Å². The van der Waals surface area contributed by atoms with Gasteiger partial charge in [-0.05, 0) is 54.8 Å². The van der Waals surface area contributed by atoms with Crippen LogP contribution in [0.1, 0.15) is 65.2 Å². The van der Waals surface area contributed by atoms with Crippen LogP contribution in [0.3, 0.4) is 0 Å². The third kappa shape index (κ3) is 6.64. The highest BCUT2D eigenvalue weighted by Gasteiger charge is 2.28. The fraction of sp³-hybridized carbons (Fsp3) is 0.565. The highest BCUT2D eigenvalue weighted by Crippen LogP contribution is 2.20. The molecular weight excluding hydrogens is 414 g/mol. The standard InChI is InChI=1S/C23H33N3O4S/c1-16(2)14-21(23(28)24-18-8-6-4-3-5-7-9-18)26-31(29,30)19-11-12-20-17(15-19)10-13-22(27)25-20/h10-13,15-16,18,21,26H,3-9,14H2,1-2H3,(H,24,28)(H,25,27)/t21-/m1/s1. The molecule has 0 saturated heterocycles. The van der Waals surface area contributed by atoms with Crippen molar-refractivity contribution in [1.82, 2.24) is 15.0 Å². The molecular formula is C23H33N3O4S. The summed E-state index contributed by atoms with van der Waals surface area (Å²) in [6.45, 7) is 3.94. The van der Waals surface area contributed by atoms with Gasteiger partial charge in [0.15, 0.2) is 0 Å². The molecule has 1 fully saturated rings. The fourth-order valence-corrected chi connectivity index (χ4v) is 5.38. The number of fused-ring (bicyclic) bond motifs is 1. The second-order valence-electron chi connectivity index (χ2n) is 8.93. The normalized spacial score (nSPS) is 17.3. The maximum absolute atomic E-state index is 13.1. The maximum Gasteiger partial charge on any atom is 0.248 e. The Balaban J connectivity index is 1.77. The summed E-state index contributed by atoms with van der Waals surface area (Å²) in [5, 5.41) is 3.71. The predicted molar refractivity (Wildman–Crippen MR) is 122 cm³/mol. The van der Waals surface area contributed by atoms with E-state index in [4.69, 9.17) is 0 Å². The Hall–Kier alpha value is -2.19. The average molecular weight is 448 g/mol. The van der Waals surface area contributed by atoms with Crippen LogP contribution in [0.25, 0.3) is 10.9 Å². The van der Waals surface area contributed by atoms with Gasteiger partial charge in [-0.3, -0.25) is 9.59 Å². The average Bonchev–Trinajstić information content (AvgIpc) is 2.68. The van der Waals surface area contributed by atoms with Crippen molar-refractivity contribution in [3.05, 3.63) is 40.7 Å². The van der Waals surface area contributed by atoms with E-state index in [2.05, 4.69) is 15.0 Å². The molecule has 1 saturated carbocycles. The van der Waals surface area contributed by atoms with Gasteiger partial charge in [-0.2, -0.15) is 4.72 Å². The number of hydrogen-bond acceptors (Lipinski definition) is 4. The second kappa shape index (κ2) is 10.4. The molecule has 31 heavy (non-hydrogen) atoms. The lowest BCUT2D eigenvalue weighted by Crippen LogP contribution is -2.50. The first-order valence-electron chi connectivity index (χ1n) is 11.2. The molecule has 1 aliphatic rings. The van der Waals surface area contributed by atoms with E-state index >= 15 is 0 Å². The molecule has 3 rings (SSSR count). The molecule has 1 aromatic heterocycles. The third-order valence-corrected chi connectivity index (χ3v) is 7.25. The molecule has 7 nitrogen and oxygen atoms in total. The quantitative estimate of drug-likeness (QED) is 0.604. The lowest BCUT2D eigenvalue weighted by atomic mass is 9.96. The molecule has 170 valence electrons. The molecule has 0 aliphatic heterocycles. The van der Waals surface area contributed by atoms with Crippen molar-refractivity contribution >= 4 is 26.8 Å². The number of H-pyrrole nitrogens is 1. The van der Waals surface area contributed by atoms with Gasteiger partial charge in [-0.1, -0.05) is 46.0 Å². The molecule has 0 bridgehead atoms. The smallest absolute Gasteiger partial charge is 0.248 e. The number of carbonyl (C=O) groups is 1. The number of nitrogens with one attached hydrogen (secondary N) is 3. The minimum atomic E-state index is -3.91. The number of rotatable bonds is 7. The molecule has 0 spiro atoms. The van der Waals surface area contributed by atoms with Crippen LogP contribution < -0.4 is 15.6 Å². The highest BCUT2D eigenvalue weighted by atomic mass is 32.2. The van der Waals surface area contributed by atoms with Crippen LogP contribution >= 0.6 is 0 Å². The van der Waals surface area contributed by atoms with Crippen LogP contribution in [0, 0.1) is 5.92 Å². The summed E-state index contributed by atoms with van der Waals surface area (Å²) in [6, 6.07) is 6.73. The van der Waals surface area contributed by atoms with Crippen LogP contribution in [0.2, 0.25) is 0 Å². The van der Waals surface area contributed by atoms with E-state index in [9.17, 15) is 18.0 Å². The molecule has 1 amide bonds. The van der Waals surface area contributed by atoms with E-state index in [1.54, 1.807) is 12.1 Å². The zero-order valence-corrected chi connectivity index (χ0v) is 19.1. The van der Waals surface area contributed by atoms with Gasteiger partial charge in [-0.25, -0.2) is 8.42 Å². The Morgan fingerprint density at radius 1 is 1.06 bits per heavy atom. The summed E-state index contributed by atoms with van der Waals surface area (Å²) in [5.74, 6) is -0.106. The van der Waals surface area contributed by atoms with Crippen molar-refractivity contribution < 1.29 is 13.2 Å². The van der Waals surface area contributed by atoms with Crippen molar-refractivity contribution in [1.29, 1.82) is 0 Å². The lowest BCUT2D eigenvalue weighted by Gasteiger charge is -2.25. The monoisotopic (exact) mass is 447 g/mol. The first kappa shape index (κ1) is 23.5. The molecule has 0 radical (unpaired) electrons. The fourth-order valence-electron chi connectivity index (χ4n) is 4.14. The Morgan fingerprint density at radius 3 is 2.42 bits per heavy atom. The SMILES string of the molecule is CC(C)C[C@@H](NS(=O)(=O)c1ccc2[nH]c(=O)ccc2c1)C(=O)NC1CCCCCCC1. The Morgan fingerprint density at radius 2 is 1.74 bits per heavy atom. The van der Waals surface area contributed by atoms with Gasteiger partial charge in [0, 0.05) is 17.6 Å². The Kier molecular flexibility index (Phi) is 7.89. The van der Waals surface area contributed by atoms with Gasteiger partial charge < -0.3 is 10.3 Å². The number of pyridine rings is 1. The van der Waals surface area contributed by atoms with Crippen LogP contribution in [0.5, 0.6) is 0 Å². The Labute approximate surface area is 184 Å². The zero-order valence-electron chi connectivity index (χ0n) is 18.3. The number of carbonyl (C=O) groups excluding carboxylic acids is 1. The third-order valence-electron chi connectivity index (χ3n) is 5.78. The summed E-state index contributed by atoms with van der Waals surface area (Å²) in [4.78, 5) is 27.2. The van der Waals surface area contributed by atoms with Crippen LogP contribution in [0.15, 0.2) is 40.0 Å². The lowest BCUT2D eigenvalue weighted by molar-refractivity contribution is -0.123. The van der Waals surface area contributed by atoms with Crippen LogP contribution in [0.4, 0.5) is 0 Å². The number of hydrogen-bond donors (Lipinski definition) is 3. The predicted octanol–water partition coefficient (Wildman–Crippen LogP) is 3.45.